The Hall–Kier alpha value is -2.58. The van der Waals surface area contributed by atoms with Crippen molar-refractivity contribution < 1.29 is 52.7 Å². The average Bonchev–Trinajstić information content (AvgIpc) is 2.64. The Morgan fingerprint density at radius 2 is 0.964 bits per heavy atom. The van der Waals surface area contributed by atoms with Crippen LogP contribution in [0.3, 0.4) is 0 Å². The molecule has 3 aromatic rings. The number of amides is 2. The molecular weight excluding hydrogens is 488 g/mol. The van der Waals surface area contributed by atoms with Crippen LogP contribution in [0.2, 0.25) is 0 Å². The summed E-state index contributed by atoms with van der Waals surface area (Å²) >= 11 is 0. The topological polar surface area (TPSA) is 93.9 Å². The monoisotopic (exact) mass is 506 g/mol. The predicted octanol–water partition coefficient (Wildman–Crippen LogP) is -5.44. The third kappa shape index (κ3) is 5.97. The maximum absolute atomic E-state index is 11.2. The second-order valence-electron chi connectivity index (χ2n) is 6.02. The summed E-state index contributed by atoms with van der Waals surface area (Å²) in [5.41, 5.74) is 13.8. The molecule has 0 atom stereocenters. The molecule has 0 aliphatic heterocycles. The first-order valence-electron chi connectivity index (χ1n) is 8.17. The Balaban J connectivity index is 0.00000196. The number of hydrogen-bond donors (Lipinski definition) is 2. The number of hydrogen-bond acceptors (Lipinski definition) is 2. The number of halogens is 2. The highest BCUT2D eigenvalue weighted by Gasteiger charge is 2.13. The highest BCUT2D eigenvalue weighted by molar-refractivity contribution is 5.92. The van der Waals surface area contributed by atoms with Crippen molar-refractivity contribution in [2.24, 2.45) is 11.5 Å². The Morgan fingerprint density at radius 1 is 0.643 bits per heavy atom. The molecule has 28 heavy (non-hydrogen) atoms. The number of nitrogens with two attached hydrogens (primary N) is 2. The lowest BCUT2D eigenvalue weighted by Crippen LogP contribution is -3.00. The van der Waals surface area contributed by atoms with E-state index in [2.05, 4.69) is 12.1 Å². The van der Waals surface area contributed by atoms with Crippen molar-refractivity contribution in [1.82, 2.24) is 0 Å². The van der Waals surface area contributed by atoms with Crippen molar-refractivity contribution in [3.05, 3.63) is 95.6 Å². The number of carbonyl (C=O) groups is 2. The van der Waals surface area contributed by atoms with Gasteiger partial charge in [-0.2, -0.15) is 0 Å². The van der Waals surface area contributed by atoms with Crippen molar-refractivity contribution in [1.29, 1.82) is 0 Å². The van der Waals surface area contributed by atoms with Crippen LogP contribution in [0.25, 0.3) is 0 Å². The van der Waals surface area contributed by atoms with Crippen molar-refractivity contribution >= 4 is 11.8 Å². The van der Waals surface area contributed by atoms with E-state index in [-0.39, 0.29) is 34.0 Å². The van der Waals surface area contributed by atoms with Crippen LogP contribution in [0.4, 0.5) is 0 Å². The highest BCUT2D eigenvalue weighted by Crippen LogP contribution is 2.08. The number of rotatable bonds is 6. The molecule has 0 bridgehead atoms. The van der Waals surface area contributed by atoms with E-state index < -0.39 is 11.8 Å². The van der Waals surface area contributed by atoms with Gasteiger partial charge in [-0.15, -0.1) is 0 Å². The van der Waals surface area contributed by atoms with Gasteiger partial charge in [-0.25, -0.2) is 9.13 Å². The maximum Gasteiger partial charge on any atom is 0.249 e. The van der Waals surface area contributed by atoms with Gasteiger partial charge in [-0.05, 0) is 0 Å². The number of nitrogens with zero attached hydrogens (tertiary/aromatic N) is 2. The van der Waals surface area contributed by atoms with Crippen LogP contribution in [0.1, 0.15) is 31.8 Å². The van der Waals surface area contributed by atoms with E-state index in [1.807, 2.05) is 46.1 Å². The van der Waals surface area contributed by atoms with Crippen molar-refractivity contribution in [3.8, 4) is 0 Å². The molecule has 2 aromatic heterocycles. The van der Waals surface area contributed by atoms with E-state index >= 15 is 0 Å². The zero-order valence-corrected chi connectivity index (χ0v) is 18.1. The normalized spacial score (nSPS) is 9.71. The quantitative estimate of drug-likeness (QED) is 0.326. The summed E-state index contributed by atoms with van der Waals surface area (Å²) in [5.74, 6) is -0.873. The second kappa shape index (κ2) is 10.7. The van der Waals surface area contributed by atoms with Gasteiger partial charge in [0.25, 0.3) is 0 Å². The molecule has 8 heteroatoms. The lowest BCUT2D eigenvalue weighted by Gasteiger charge is -2.05. The molecule has 2 heterocycles. The SMILES string of the molecule is NC(=O)c1cc[n+](Cc2ccccc2C[n+]2ccc(C(N)=O)cc2)cc1.[Br-].[Br-]. The minimum absolute atomic E-state index is 0. The van der Waals surface area contributed by atoms with Crippen LogP contribution in [0.15, 0.2) is 73.3 Å². The fourth-order valence-corrected chi connectivity index (χ4v) is 2.71. The van der Waals surface area contributed by atoms with Crippen molar-refractivity contribution in [3.63, 3.8) is 0 Å². The van der Waals surface area contributed by atoms with Gasteiger partial charge >= 0.3 is 0 Å². The molecule has 1 aromatic carbocycles. The van der Waals surface area contributed by atoms with Crippen LogP contribution in [-0.2, 0) is 13.1 Å². The smallest absolute Gasteiger partial charge is 0.249 e. The third-order valence-electron chi connectivity index (χ3n) is 4.18. The zero-order valence-electron chi connectivity index (χ0n) is 15.0. The average molecular weight is 508 g/mol. The first kappa shape index (κ1) is 23.5. The molecule has 0 fully saturated rings. The van der Waals surface area contributed by atoms with Gasteiger partial charge < -0.3 is 45.4 Å². The second-order valence-corrected chi connectivity index (χ2v) is 6.02. The Bertz CT molecular complexity index is 867. The zero-order chi connectivity index (χ0) is 18.5. The van der Waals surface area contributed by atoms with Gasteiger partial charge in [0.15, 0.2) is 37.9 Å². The molecule has 0 radical (unpaired) electrons. The highest BCUT2D eigenvalue weighted by atomic mass is 79.9. The minimum atomic E-state index is -0.437. The van der Waals surface area contributed by atoms with E-state index in [0.29, 0.717) is 24.2 Å². The van der Waals surface area contributed by atoms with Crippen LogP contribution >= 0.6 is 0 Å². The predicted molar refractivity (Wildman–Crippen MR) is 95.0 cm³/mol. The van der Waals surface area contributed by atoms with Crippen LogP contribution < -0.4 is 54.6 Å². The van der Waals surface area contributed by atoms with E-state index in [1.165, 1.54) is 0 Å². The molecule has 146 valence electrons. The van der Waals surface area contributed by atoms with E-state index in [9.17, 15) is 9.59 Å². The van der Waals surface area contributed by atoms with Crippen LogP contribution in [0.5, 0.6) is 0 Å². The van der Waals surface area contributed by atoms with Gasteiger partial charge in [0.05, 0.1) is 11.1 Å². The lowest BCUT2D eigenvalue weighted by atomic mass is 10.1. The van der Waals surface area contributed by atoms with Gasteiger partial charge in [0.1, 0.15) is 0 Å². The van der Waals surface area contributed by atoms with Gasteiger partial charge in [-0.1, -0.05) is 24.3 Å². The Morgan fingerprint density at radius 3 is 1.25 bits per heavy atom. The van der Waals surface area contributed by atoms with E-state index in [0.717, 1.165) is 11.1 Å². The van der Waals surface area contributed by atoms with Gasteiger partial charge in [-0.3, -0.25) is 9.59 Å². The van der Waals surface area contributed by atoms with Gasteiger partial charge in [0.2, 0.25) is 11.8 Å². The lowest BCUT2D eigenvalue weighted by molar-refractivity contribution is -0.693. The number of primary amides is 2. The van der Waals surface area contributed by atoms with Crippen LogP contribution in [0, 0.1) is 0 Å². The number of benzene rings is 1. The standard InChI is InChI=1S/C20H18N4O2.2BrH/c21-19(25)15-5-9-23(10-6-15)13-17-3-1-2-4-18(17)14-24-11-7-16(8-12-24)20(22)26;;/h1-12H,13-14H2,(H2-2,21,22,25,26);2*1H. The van der Waals surface area contributed by atoms with Gasteiger partial charge in [0, 0.05) is 35.4 Å². The molecule has 0 aliphatic rings. The molecule has 6 nitrogen and oxygen atoms in total. The summed E-state index contributed by atoms with van der Waals surface area (Å²) in [7, 11) is 0. The molecule has 0 unspecified atom stereocenters. The van der Waals surface area contributed by atoms with Crippen molar-refractivity contribution in [2.45, 2.75) is 13.1 Å². The fraction of sp³-hybridized carbons (Fsp3) is 0.100. The molecule has 0 saturated carbocycles. The van der Waals surface area contributed by atoms with Crippen molar-refractivity contribution in [2.75, 3.05) is 0 Å². The molecule has 0 aliphatic carbocycles. The van der Waals surface area contributed by atoms with Crippen LogP contribution in [-0.4, -0.2) is 11.8 Å². The summed E-state index contributed by atoms with van der Waals surface area (Å²) in [6.07, 6.45) is 7.36. The molecule has 0 spiro atoms. The molecule has 3 rings (SSSR count). The summed E-state index contributed by atoms with van der Waals surface area (Å²) in [6.45, 7) is 1.35. The largest absolute Gasteiger partial charge is 1.00 e. The fourth-order valence-electron chi connectivity index (χ4n) is 2.71. The third-order valence-corrected chi connectivity index (χ3v) is 4.18. The number of aromatic nitrogens is 2. The summed E-state index contributed by atoms with van der Waals surface area (Å²) in [5, 5.41) is 0. The first-order chi connectivity index (χ1) is 12.5. The number of carbonyl (C=O) groups excluding carboxylic acids is 2. The Kier molecular flexibility index (Phi) is 8.94. The minimum Gasteiger partial charge on any atom is -1.00 e. The number of pyridine rings is 2. The molecular formula is C20H20Br2N4O2. The maximum atomic E-state index is 11.2. The Labute approximate surface area is 184 Å². The molecule has 0 saturated heterocycles. The molecule has 2 amide bonds. The first-order valence-corrected chi connectivity index (χ1v) is 8.17. The van der Waals surface area contributed by atoms with E-state index in [4.69, 9.17) is 11.5 Å². The summed E-state index contributed by atoms with van der Waals surface area (Å²) < 4.78 is 3.98. The summed E-state index contributed by atoms with van der Waals surface area (Å²) in [6, 6.07) is 15.0. The summed E-state index contributed by atoms with van der Waals surface area (Å²) in [4.78, 5) is 22.4. The molecule has 4 N–H and O–H groups in total. The van der Waals surface area contributed by atoms with E-state index in [1.54, 1.807) is 24.3 Å².